The average molecular weight is 409 g/mol. The Hall–Kier alpha value is -4.28. The molecule has 4 N–H and O–H groups in total. The van der Waals surface area contributed by atoms with E-state index in [9.17, 15) is 14.9 Å². The van der Waals surface area contributed by atoms with E-state index in [1.165, 1.54) is 12.1 Å². The van der Waals surface area contributed by atoms with Crippen LogP contribution in [-0.4, -0.2) is 32.9 Å². The van der Waals surface area contributed by atoms with Crippen molar-refractivity contribution in [1.82, 2.24) is 15.0 Å². The fraction of sp³-hybridized carbons (Fsp3) is 0.158. The highest BCUT2D eigenvalue weighted by molar-refractivity contribution is 5.91. The summed E-state index contributed by atoms with van der Waals surface area (Å²) in [5.41, 5.74) is 7.59. The molecule has 3 aromatic rings. The van der Waals surface area contributed by atoms with E-state index in [-0.39, 0.29) is 41.3 Å². The number of aryl methyl sites for hydroxylation is 1. The van der Waals surface area contributed by atoms with Gasteiger partial charge in [-0.25, -0.2) is 4.79 Å². The quantitative estimate of drug-likeness (QED) is 0.301. The minimum Gasteiger partial charge on any atom is -0.454 e. The summed E-state index contributed by atoms with van der Waals surface area (Å²) in [6.45, 7) is 1.64. The minimum atomic E-state index is -0.756. The highest BCUT2D eigenvalue weighted by Gasteiger charge is 2.18. The second kappa shape index (κ2) is 8.82. The summed E-state index contributed by atoms with van der Waals surface area (Å²) in [5, 5.41) is 16.9. The monoisotopic (exact) mass is 409 g/mol. The van der Waals surface area contributed by atoms with Gasteiger partial charge in [0, 0.05) is 18.8 Å². The fourth-order valence-electron chi connectivity index (χ4n) is 2.63. The van der Waals surface area contributed by atoms with Crippen LogP contribution in [0, 0.1) is 17.0 Å². The second-order valence-electron chi connectivity index (χ2n) is 6.19. The first kappa shape index (κ1) is 20.5. The number of aromatic nitrogens is 3. The lowest BCUT2D eigenvalue weighted by molar-refractivity contribution is -0.384. The van der Waals surface area contributed by atoms with Crippen molar-refractivity contribution < 1.29 is 14.5 Å². The molecule has 0 saturated carbocycles. The fourth-order valence-corrected chi connectivity index (χ4v) is 2.63. The molecular weight excluding hydrogens is 390 g/mol. The van der Waals surface area contributed by atoms with E-state index >= 15 is 0 Å². The Morgan fingerprint density at radius 3 is 2.63 bits per heavy atom. The topological polar surface area (TPSA) is 158 Å². The lowest BCUT2D eigenvalue weighted by Gasteiger charge is -2.10. The van der Waals surface area contributed by atoms with E-state index in [4.69, 9.17) is 10.5 Å². The standard InChI is InChI=1S/C19H19N7O4/c1-11-5-3-4-6-13(11)22-19-24-16(23-18(20)25-19)10-30-17(27)12-7-8-14(21-2)15(9-12)26(28)29/h3-9,21H,10H2,1-2H3,(H3,20,22,23,24,25). The van der Waals surface area contributed by atoms with E-state index in [1.54, 1.807) is 7.05 Å². The Balaban J connectivity index is 1.73. The predicted molar refractivity (Wildman–Crippen MR) is 110 cm³/mol. The number of rotatable bonds is 7. The largest absolute Gasteiger partial charge is 0.454 e. The van der Waals surface area contributed by atoms with Gasteiger partial charge in [-0.2, -0.15) is 15.0 Å². The molecule has 154 valence electrons. The third-order valence-electron chi connectivity index (χ3n) is 4.12. The van der Waals surface area contributed by atoms with E-state index in [2.05, 4.69) is 25.6 Å². The molecule has 0 amide bonds. The van der Waals surface area contributed by atoms with Crippen LogP contribution in [0.3, 0.4) is 0 Å². The zero-order valence-electron chi connectivity index (χ0n) is 16.2. The van der Waals surface area contributed by atoms with Crippen molar-refractivity contribution in [1.29, 1.82) is 0 Å². The van der Waals surface area contributed by atoms with Crippen molar-refractivity contribution in [3.8, 4) is 0 Å². The molecule has 3 rings (SSSR count). The molecule has 0 spiro atoms. The van der Waals surface area contributed by atoms with Gasteiger partial charge in [0.1, 0.15) is 5.69 Å². The number of nitrogens with two attached hydrogens (primary N) is 1. The number of nitro benzene ring substituents is 1. The molecule has 0 aliphatic heterocycles. The van der Waals surface area contributed by atoms with E-state index in [1.807, 2.05) is 31.2 Å². The smallest absolute Gasteiger partial charge is 0.338 e. The first-order valence-corrected chi connectivity index (χ1v) is 8.83. The molecule has 0 saturated heterocycles. The highest BCUT2D eigenvalue weighted by atomic mass is 16.6. The Morgan fingerprint density at radius 2 is 1.93 bits per heavy atom. The zero-order chi connectivity index (χ0) is 21.7. The number of nitrogen functional groups attached to an aromatic ring is 1. The number of anilines is 4. The third kappa shape index (κ3) is 4.76. The SMILES string of the molecule is CNc1ccc(C(=O)OCc2nc(N)nc(Nc3ccccc3C)n2)cc1[N+](=O)[O-]. The van der Waals surface area contributed by atoms with E-state index in [0.717, 1.165) is 17.3 Å². The van der Waals surface area contributed by atoms with Crippen LogP contribution in [0.25, 0.3) is 0 Å². The lowest BCUT2D eigenvalue weighted by Crippen LogP contribution is -2.11. The molecule has 11 heteroatoms. The summed E-state index contributed by atoms with van der Waals surface area (Å²) in [6, 6.07) is 11.5. The summed E-state index contributed by atoms with van der Waals surface area (Å²) in [4.78, 5) is 35.1. The number of nitro groups is 1. The molecule has 0 radical (unpaired) electrons. The molecule has 0 unspecified atom stereocenters. The summed E-state index contributed by atoms with van der Waals surface area (Å²) < 4.78 is 5.19. The summed E-state index contributed by atoms with van der Waals surface area (Å²) in [6.07, 6.45) is 0. The molecule has 0 bridgehead atoms. The molecule has 0 aliphatic rings. The number of hydrogen-bond donors (Lipinski definition) is 3. The maximum absolute atomic E-state index is 12.3. The number of benzene rings is 2. The maximum atomic E-state index is 12.3. The van der Waals surface area contributed by atoms with Crippen molar-refractivity contribution in [2.24, 2.45) is 0 Å². The Labute approximate surface area is 171 Å². The van der Waals surface area contributed by atoms with Crippen molar-refractivity contribution >= 4 is 34.9 Å². The van der Waals surface area contributed by atoms with Gasteiger partial charge in [0.2, 0.25) is 11.9 Å². The number of ether oxygens (including phenoxy) is 1. The lowest BCUT2D eigenvalue weighted by atomic mass is 10.1. The number of esters is 1. The van der Waals surface area contributed by atoms with Crippen LogP contribution in [0.4, 0.5) is 29.0 Å². The normalized spacial score (nSPS) is 10.3. The summed E-state index contributed by atoms with van der Waals surface area (Å²) in [5.74, 6) is -0.459. The highest BCUT2D eigenvalue weighted by Crippen LogP contribution is 2.25. The summed E-state index contributed by atoms with van der Waals surface area (Å²) in [7, 11) is 1.55. The number of nitrogens with zero attached hydrogens (tertiary/aromatic N) is 4. The van der Waals surface area contributed by atoms with Gasteiger partial charge in [-0.3, -0.25) is 10.1 Å². The zero-order valence-corrected chi connectivity index (χ0v) is 16.2. The van der Waals surface area contributed by atoms with Gasteiger partial charge in [0.25, 0.3) is 5.69 Å². The molecular formula is C19H19N7O4. The van der Waals surface area contributed by atoms with Gasteiger partial charge in [-0.15, -0.1) is 0 Å². The Kier molecular flexibility index (Phi) is 6.01. The van der Waals surface area contributed by atoms with Gasteiger partial charge >= 0.3 is 5.97 Å². The molecule has 0 atom stereocenters. The van der Waals surface area contributed by atoms with Crippen molar-refractivity contribution in [3.63, 3.8) is 0 Å². The van der Waals surface area contributed by atoms with E-state index < -0.39 is 10.9 Å². The van der Waals surface area contributed by atoms with Crippen LogP contribution < -0.4 is 16.4 Å². The number of carbonyl (C=O) groups is 1. The molecule has 0 fully saturated rings. The van der Waals surface area contributed by atoms with Crippen LogP contribution in [0.1, 0.15) is 21.7 Å². The van der Waals surface area contributed by atoms with Crippen molar-refractivity contribution in [2.45, 2.75) is 13.5 Å². The number of hydrogen-bond acceptors (Lipinski definition) is 10. The second-order valence-corrected chi connectivity index (χ2v) is 6.19. The molecule has 11 nitrogen and oxygen atoms in total. The number of para-hydroxylation sites is 1. The van der Waals surface area contributed by atoms with Gasteiger partial charge in [0.15, 0.2) is 12.4 Å². The first-order chi connectivity index (χ1) is 14.4. The van der Waals surface area contributed by atoms with Crippen LogP contribution >= 0.6 is 0 Å². The minimum absolute atomic E-state index is 0.0287. The Morgan fingerprint density at radius 1 is 1.17 bits per heavy atom. The Bertz CT molecular complexity index is 1100. The predicted octanol–water partition coefficient (Wildman–Crippen LogP) is 2.81. The van der Waals surface area contributed by atoms with Gasteiger partial charge in [-0.05, 0) is 30.7 Å². The van der Waals surface area contributed by atoms with Gasteiger partial charge in [0.05, 0.1) is 10.5 Å². The number of carbonyl (C=O) groups excluding carboxylic acids is 1. The van der Waals surface area contributed by atoms with Crippen molar-refractivity contribution in [2.75, 3.05) is 23.4 Å². The summed E-state index contributed by atoms with van der Waals surface area (Å²) >= 11 is 0. The van der Waals surface area contributed by atoms with Crippen LogP contribution in [0.5, 0.6) is 0 Å². The molecule has 30 heavy (non-hydrogen) atoms. The third-order valence-corrected chi connectivity index (χ3v) is 4.12. The molecule has 1 aromatic heterocycles. The first-order valence-electron chi connectivity index (χ1n) is 8.83. The van der Waals surface area contributed by atoms with Gasteiger partial charge in [-0.1, -0.05) is 18.2 Å². The molecule has 1 heterocycles. The molecule has 0 aliphatic carbocycles. The van der Waals surface area contributed by atoms with Crippen LogP contribution in [-0.2, 0) is 11.3 Å². The van der Waals surface area contributed by atoms with Gasteiger partial charge < -0.3 is 21.1 Å². The van der Waals surface area contributed by atoms with Crippen molar-refractivity contribution in [3.05, 3.63) is 69.5 Å². The maximum Gasteiger partial charge on any atom is 0.338 e. The molecule has 2 aromatic carbocycles. The van der Waals surface area contributed by atoms with Crippen LogP contribution in [0.15, 0.2) is 42.5 Å². The van der Waals surface area contributed by atoms with Crippen LogP contribution in [0.2, 0.25) is 0 Å². The average Bonchev–Trinajstić information content (AvgIpc) is 2.72. The van der Waals surface area contributed by atoms with E-state index in [0.29, 0.717) is 0 Å². The number of nitrogens with one attached hydrogen (secondary N) is 2.